The van der Waals surface area contributed by atoms with Crippen LogP contribution in [0, 0.1) is 13.8 Å². The van der Waals surface area contributed by atoms with Gasteiger partial charge in [0.2, 0.25) is 0 Å². The van der Waals surface area contributed by atoms with Gasteiger partial charge in [-0.1, -0.05) is 17.7 Å². The van der Waals surface area contributed by atoms with E-state index in [-0.39, 0.29) is 0 Å². The Balaban J connectivity index is 2.43. The first-order chi connectivity index (χ1) is 9.36. The Labute approximate surface area is 128 Å². The van der Waals surface area contributed by atoms with Gasteiger partial charge in [0, 0.05) is 12.9 Å². The van der Waals surface area contributed by atoms with E-state index in [4.69, 9.17) is 11.6 Å². The number of rotatable bonds is 4. The van der Waals surface area contributed by atoms with Crippen molar-refractivity contribution < 1.29 is 8.42 Å². The molecule has 0 atom stereocenters. The molecule has 0 bridgehead atoms. The van der Waals surface area contributed by atoms with Crippen LogP contribution in [-0.2, 0) is 15.9 Å². The maximum absolute atomic E-state index is 12.6. The quantitative estimate of drug-likeness (QED) is 0.797. The summed E-state index contributed by atoms with van der Waals surface area (Å²) in [6.07, 6.45) is 0. The Hall–Kier alpha value is -1.04. The topological polar surface area (TPSA) is 37.4 Å². The van der Waals surface area contributed by atoms with Crippen LogP contribution in [0.2, 0.25) is 0 Å². The van der Waals surface area contributed by atoms with Gasteiger partial charge < -0.3 is 0 Å². The van der Waals surface area contributed by atoms with E-state index in [1.807, 2.05) is 32.0 Å². The van der Waals surface area contributed by atoms with Gasteiger partial charge in [0.05, 0.1) is 5.69 Å². The largest absolute Gasteiger partial charge is 0.273 e. The van der Waals surface area contributed by atoms with Crippen molar-refractivity contribution >= 4 is 38.6 Å². The van der Waals surface area contributed by atoms with E-state index < -0.39 is 10.0 Å². The van der Waals surface area contributed by atoms with Crippen molar-refractivity contribution in [3.05, 3.63) is 46.3 Å². The van der Waals surface area contributed by atoms with Crippen LogP contribution in [0.25, 0.3) is 0 Å². The number of alkyl halides is 1. The molecule has 1 aromatic heterocycles. The van der Waals surface area contributed by atoms with Crippen LogP contribution in [0.1, 0.15) is 16.7 Å². The minimum atomic E-state index is -3.52. The number of hydrogen-bond donors (Lipinski definition) is 0. The fourth-order valence-electron chi connectivity index (χ4n) is 1.98. The molecule has 0 unspecified atom stereocenters. The lowest BCUT2D eigenvalue weighted by molar-refractivity contribution is 0.596. The molecule has 20 heavy (non-hydrogen) atoms. The van der Waals surface area contributed by atoms with Crippen molar-refractivity contribution in [3.8, 4) is 0 Å². The molecule has 0 amide bonds. The van der Waals surface area contributed by atoms with Gasteiger partial charge >= 0.3 is 0 Å². The molecular formula is C14H16ClNO2S2. The third-order valence-corrected chi connectivity index (χ3v) is 6.63. The van der Waals surface area contributed by atoms with Crippen molar-refractivity contribution in [2.24, 2.45) is 0 Å². The average Bonchev–Trinajstić information content (AvgIpc) is 2.87. The van der Waals surface area contributed by atoms with E-state index in [9.17, 15) is 8.42 Å². The van der Waals surface area contributed by atoms with Crippen LogP contribution in [0.15, 0.2) is 33.9 Å². The molecule has 2 aromatic rings. The van der Waals surface area contributed by atoms with Gasteiger partial charge in [-0.25, -0.2) is 8.42 Å². The highest BCUT2D eigenvalue weighted by atomic mass is 35.5. The second kappa shape index (κ2) is 5.76. The summed E-state index contributed by atoms with van der Waals surface area (Å²) in [7, 11) is -1.95. The molecule has 0 N–H and O–H groups in total. The van der Waals surface area contributed by atoms with E-state index in [0.717, 1.165) is 16.7 Å². The normalized spacial score (nSPS) is 11.6. The standard InChI is InChI=1S/C14H16ClNO2S2/c1-10-4-5-13(11(2)6-10)16(3)20(17,18)14-7-12(8-15)9-19-14/h4-7,9H,8H2,1-3H3. The van der Waals surface area contributed by atoms with Crippen molar-refractivity contribution in [2.45, 2.75) is 23.9 Å². The Morgan fingerprint density at radius 1 is 1.25 bits per heavy atom. The molecule has 0 aliphatic rings. The van der Waals surface area contributed by atoms with Gasteiger partial charge in [-0.3, -0.25) is 4.31 Å². The monoisotopic (exact) mass is 329 g/mol. The van der Waals surface area contributed by atoms with Crippen LogP contribution in [0.3, 0.4) is 0 Å². The summed E-state index contributed by atoms with van der Waals surface area (Å²) in [5.74, 6) is 0.319. The second-order valence-electron chi connectivity index (χ2n) is 4.67. The molecule has 0 saturated heterocycles. The fourth-order valence-corrected chi connectivity index (χ4v) is 4.87. The van der Waals surface area contributed by atoms with Crippen LogP contribution in [-0.4, -0.2) is 15.5 Å². The zero-order valence-corrected chi connectivity index (χ0v) is 13.9. The minimum absolute atomic E-state index is 0.315. The van der Waals surface area contributed by atoms with Gasteiger partial charge in [-0.2, -0.15) is 0 Å². The number of halogens is 1. The van der Waals surface area contributed by atoms with Gasteiger partial charge in [-0.05, 0) is 42.5 Å². The van der Waals surface area contributed by atoms with Crippen LogP contribution in [0.5, 0.6) is 0 Å². The van der Waals surface area contributed by atoms with Crippen molar-refractivity contribution in [3.63, 3.8) is 0 Å². The van der Waals surface area contributed by atoms with E-state index in [1.54, 1.807) is 18.5 Å². The minimum Gasteiger partial charge on any atom is -0.268 e. The first-order valence-corrected chi connectivity index (χ1v) is 8.91. The highest BCUT2D eigenvalue weighted by molar-refractivity contribution is 7.94. The second-order valence-corrected chi connectivity index (χ2v) is 8.04. The lowest BCUT2D eigenvalue weighted by atomic mass is 10.1. The average molecular weight is 330 g/mol. The molecule has 0 saturated carbocycles. The number of benzene rings is 1. The van der Waals surface area contributed by atoms with Crippen molar-refractivity contribution in [1.29, 1.82) is 0 Å². The van der Waals surface area contributed by atoms with E-state index in [1.165, 1.54) is 15.6 Å². The Morgan fingerprint density at radius 2 is 1.95 bits per heavy atom. The van der Waals surface area contributed by atoms with E-state index in [0.29, 0.717) is 15.8 Å². The van der Waals surface area contributed by atoms with E-state index >= 15 is 0 Å². The first kappa shape index (κ1) is 15.4. The molecule has 0 fully saturated rings. The summed E-state index contributed by atoms with van der Waals surface area (Å²) >= 11 is 6.93. The van der Waals surface area contributed by atoms with Crippen LogP contribution < -0.4 is 4.31 Å². The maximum Gasteiger partial charge on any atom is 0.273 e. The van der Waals surface area contributed by atoms with Gasteiger partial charge in [0.1, 0.15) is 4.21 Å². The summed E-state index contributed by atoms with van der Waals surface area (Å²) in [6, 6.07) is 7.35. The van der Waals surface area contributed by atoms with Crippen LogP contribution in [0.4, 0.5) is 5.69 Å². The molecule has 0 aliphatic carbocycles. The highest BCUT2D eigenvalue weighted by Gasteiger charge is 2.24. The molecular weight excluding hydrogens is 314 g/mol. The SMILES string of the molecule is Cc1ccc(N(C)S(=O)(=O)c2cc(CCl)cs2)c(C)c1. The molecule has 6 heteroatoms. The van der Waals surface area contributed by atoms with Crippen molar-refractivity contribution in [1.82, 2.24) is 0 Å². The zero-order valence-electron chi connectivity index (χ0n) is 11.6. The lowest BCUT2D eigenvalue weighted by Crippen LogP contribution is -2.26. The maximum atomic E-state index is 12.6. The zero-order chi connectivity index (χ0) is 14.9. The molecule has 108 valence electrons. The first-order valence-electron chi connectivity index (χ1n) is 6.06. The summed E-state index contributed by atoms with van der Waals surface area (Å²) in [6.45, 7) is 3.89. The molecule has 2 rings (SSSR count). The van der Waals surface area contributed by atoms with E-state index in [2.05, 4.69) is 0 Å². The number of sulfonamides is 1. The Kier molecular flexibility index (Phi) is 4.42. The molecule has 0 radical (unpaired) electrons. The third kappa shape index (κ3) is 2.85. The summed E-state index contributed by atoms with van der Waals surface area (Å²) in [5, 5.41) is 1.77. The fraction of sp³-hybridized carbons (Fsp3) is 0.286. The van der Waals surface area contributed by atoms with Gasteiger partial charge in [0.15, 0.2) is 0 Å². The molecule has 0 aliphatic heterocycles. The van der Waals surface area contributed by atoms with Gasteiger partial charge in [-0.15, -0.1) is 22.9 Å². The summed E-state index contributed by atoms with van der Waals surface area (Å²) < 4.78 is 26.8. The third-order valence-electron chi connectivity index (χ3n) is 3.09. The number of aryl methyl sites for hydroxylation is 2. The number of thiophene rings is 1. The summed E-state index contributed by atoms with van der Waals surface area (Å²) in [5.41, 5.74) is 3.56. The number of hydrogen-bond acceptors (Lipinski definition) is 3. The molecule has 1 aromatic carbocycles. The number of anilines is 1. The highest BCUT2D eigenvalue weighted by Crippen LogP contribution is 2.29. The van der Waals surface area contributed by atoms with Crippen molar-refractivity contribution in [2.75, 3.05) is 11.4 Å². The lowest BCUT2D eigenvalue weighted by Gasteiger charge is -2.20. The van der Waals surface area contributed by atoms with Crippen LogP contribution >= 0.6 is 22.9 Å². The predicted molar refractivity (Wildman–Crippen MR) is 85.4 cm³/mol. The Bertz CT molecular complexity index is 723. The van der Waals surface area contributed by atoms with Gasteiger partial charge in [0.25, 0.3) is 10.0 Å². The smallest absolute Gasteiger partial charge is 0.268 e. The Morgan fingerprint density at radius 3 is 2.50 bits per heavy atom. The molecule has 3 nitrogen and oxygen atoms in total. The summed E-state index contributed by atoms with van der Waals surface area (Å²) in [4.78, 5) is 0. The predicted octanol–water partition coefficient (Wildman–Crippen LogP) is 3.93. The number of nitrogens with zero attached hydrogens (tertiary/aromatic N) is 1. The molecule has 1 heterocycles. The molecule has 0 spiro atoms.